The van der Waals surface area contributed by atoms with Crippen molar-refractivity contribution in [3.05, 3.63) is 88.2 Å². The summed E-state index contributed by atoms with van der Waals surface area (Å²) in [6, 6.07) is 15.0. The number of carbonyl (C=O) groups excluding carboxylic acids is 2. The molecule has 0 fully saturated rings. The zero-order chi connectivity index (χ0) is 39.8. The molecule has 1 N–H and O–H groups in total. The van der Waals surface area contributed by atoms with Gasteiger partial charge in [0.1, 0.15) is 29.6 Å². The Kier molecular flexibility index (Phi) is 24.1. The van der Waals surface area contributed by atoms with Crippen molar-refractivity contribution in [3.8, 4) is 59.2 Å². The van der Waals surface area contributed by atoms with E-state index in [9.17, 15) is 14.7 Å². The summed E-state index contributed by atoms with van der Waals surface area (Å²) in [7, 11) is 2.76. The number of carbonyl (C=O) groups is 2. The van der Waals surface area contributed by atoms with Crippen molar-refractivity contribution < 1.29 is 38.4 Å². The highest BCUT2D eigenvalue weighted by molar-refractivity contribution is 14.1. The van der Waals surface area contributed by atoms with Gasteiger partial charge in [0.25, 0.3) is 0 Å². The largest absolute Gasteiger partial charge is 0.506 e. The van der Waals surface area contributed by atoms with Crippen LogP contribution in [0.3, 0.4) is 0 Å². The SMILES string of the molecule is C#CCBr.C#CCOc1c(I)cc(Oc2c(I)cc(CC(=O)OC)cc2I)cc1I.COC(=O)Cc1cc(I)c(Oc2cc(I)c(O)c(I)c2)c(I)c1. The lowest BCUT2D eigenvalue weighted by atomic mass is 10.1. The molecule has 17 heteroatoms. The molecular formula is C36H25BrI8O8. The molecule has 0 amide bonds. The molecule has 4 aromatic rings. The lowest BCUT2D eigenvalue weighted by Crippen LogP contribution is -2.05. The van der Waals surface area contributed by atoms with E-state index in [0.717, 1.165) is 56.9 Å². The Hall–Kier alpha value is 0.460. The topological polar surface area (TPSA) is 101 Å². The van der Waals surface area contributed by atoms with Crippen LogP contribution in [0.1, 0.15) is 11.1 Å². The zero-order valence-electron chi connectivity index (χ0n) is 27.3. The summed E-state index contributed by atoms with van der Waals surface area (Å²) in [5, 5.41) is 10.5. The number of phenolic OH excluding ortho intramolecular Hbond substituents is 1. The number of terminal acetylenes is 2. The van der Waals surface area contributed by atoms with Crippen molar-refractivity contribution in [2.45, 2.75) is 12.8 Å². The molecule has 53 heavy (non-hydrogen) atoms. The normalized spacial score (nSPS) is 9.91. The Morgan fingerprint density at radius 3 is 1.23 bits per heavy atom. The van der Waals surface area contributed by atoms with E-state index in [4.69, 9.17) is 36.5 Å². The molecule has 0 saturated heterocycles. The van der Waals surface area contributed by atoms with Gasteiger partial charge in [-0.3, -0.25) is 9.59 Å². The average molecular weight is 1680 g/mol. The van der Waals surface area contributed by atoms with Crippen LogP contribution in [0.2, 0.25) is 0 Å². The Labute approximate surface area is 426 Å². The lowest BCUT2D eigenvalue weighted by Gasteiger charge is -2.14. The van der Waals surface area contributed by atoms with Gasteiger partial charge in [0.2, 0.25) is 0 Å². The third-order valence-electron chi connectivity index (χ3n) is 6.05. The number of alkyl halides is 1. The number of benzene rings is 4. The summed E-state index contributed by atoms with van der Waals surface area (Å²) in [6.45, 7) is 0.226. The predicted molar refractivity (Wildman–Crippen MR) is 278 cm³/mol. The molecule has 0 aliphatic heterocycles. The zero-order valence-corrected chi connectivity index (χ0v) is 46.2. The molecule has 0 aliphatic rings. The molecule has 0 saturated carbocycles. The average Bonchev–Trinajstić information content (AvgIpc) is 3.10. The Bertz CT molecular complexity index is 1940. The molecule has 0 bridgehead atoms. The molecule has 0 spiro atoms. The number of ether oxygens (including phenoxy) is 5. The van der Waals surface area contributed by atoms with E-state index in [1.54, 1.807) is 12.1 Å². The number of rotatable bonds is 10. The number of methoxy groups -OCH3 is 2. The fraction of sp³-hybridized carbons (Fsp3) is 0.167. The first-order valence-corrected chi connectivity index (χ1v) is 24.0. The van der Waals surface area contributed by atoms with Crippen molar-refractivity contribution in [1.29, 1.82) is 0 Å². The summed E-state index contributed by atoms with van der Waals surface area (Å²) >= 11 is 20.3. The minimum absolute atomic E-state index is 0.226. The molecule has 8 nitrogen and oxygen atoms in total. The second-order valence-electron chi connectivity index (χ2n) is 9.77. The van der Waals surface area contributed by atoms with Crippen molar-refractivity contribution in [2.75, 3.05) is 26.2 Å². The summed E-state index contributed by atoms with van der Waals surface area (Å²) in [4.78, 5) is 22.9. The van der Waals surface area contributed by atoms with Crippen LogP contribution in [-0.2, 0) is 31.9 Å². The monoisotopic (exact) mass is 1680 g/mol. The van der Waals surface area contributed by atoms with Crippen LogP contribution < -0.4 is 14.2 Å². The Balaban J connectivity index is 0.000000335. The van der Waals surface area contributed by atoms with Crippen LogP contribution in [-0.4, -0.2) is 43.2 Å². The van der Waals surface area contributed by atoms with Gasteiger partial charge >= 0.3 is 11.9 Å². The molecular weight excluding hydrogens is 1660 g/mol. The van der Waals surface area contributed by atoms with Crippen molar-refractivity contribution in [2.24, 2.45) is 0 Å². The number of aromatic hydroxyl groups is 1. The number of halogens is 9. The molecule has 0 heterocycles. The molecule has 0 unspecified atom stereocenters. The van der Waals surface area contributed by atoms with Crippen LogP contribution in [0.15, 0.2) is 48.5 Å². The summed E-state index contributed by atoms with van der Waals surface area (Å²) in [6.07, 6.45) is 10.5. The van der Waals surface area contributed by atoms with Crippen LogP contribution in [0.25, 0.3) is 0 Å². The molecule has 4 rings (SSSR count). The summed E-state index contributed by atoms with van der Waals surface area (Å²) in [5.41, 5.74) is 1.77. The van der Waals surface area contributed by atoms with Crippen LogP contribution >= 0.6 is 197 Å². The van der Waals surface area contributed by atoms with Gasteiger partial charge in [-0.1, -0.05) is 27.8 Å². The minimum atomic E-state index is -0.270. The summed E-state index contributed by atoms with van der Waals surface area (Å²) in [5.74, 6) is 8.16. The third kappa shape index (κ3) is 16.7. The highest BCUT2D eigenvalue weighted by Crippen LogP contribution is 2.39. The second kappa shape index (κ2) is 25.7. The van der Waals surface area contributed by atoms with E-state index >= 15 is 0 Å². The van der Waals surface area contributed by atoms with E-state index in [2.05, 4.69) is 208 Å². The first kappa shape index (κ1) is 49.6. The van der Waals surface area contributed by atoms with Gasteiger partial charge in [0, 0.05) is 0 Å². The maximum Gasteiger partial charge on any atom is 0.309 e. The van der Waals surface area contributed by atoms with Gasteiger partial charge in [0.05, 0.1) is 61.0 Å². The van der Waals surface area contributed by atoms with Crippen molar-refractivity contribution in [1.82, 2.24) is 0 Å². The van der Waals surface area contributed by atoms with Crippen LogP contribution in [0.5, 0.6) is 34.5 Å². The van der Waals surface area contributed by atoms with Crippen LogP contribution in [0.4, 0.5) is 0 Å². The minimum Gasteiger partial charge on any atom is -0.506 e. The molecule has 0 aliphatic carbocycles. The first-order chi connectivity index (χ1) is 25.1. The Morgan fingerprint density at radius 1 is 0.604 bits per heavy atom. The van der Waals surface area contributed by atoms with Gasteiger partial charge in [-0.2, -0.15) is 0 Å². The summed E-state index contributed by atoms with van der Waals surface area (Å²) < 4.78 is 34.1. The highest BCUT2D eigenvalue weighted by Gasteiger charge is 2.16. The number of phenols is 1. The molecule has 0 radical (unpaired) electrons. The van der Waals surface area contributed by atoms with E-state index in [-0.39, 0.29) is 37.1 Å². The van der Waals surface area contributed by atoms with E-state index in [1.165, 1.54) is 14.2 Å². The van der Waals surface area contributed by atoms with Gasteiger partial charge < -0.3 is 28.8 Å². The molecule has 280 valence electrons. The van der Waals surface area contributed by atoms with E-state index < -0.39 is 0 Å². The van der Waals surface area contributed by atoms with Crippen molar-refractivity contribution >= 4 is 209 Å². The second-order valence-corrected chi connectivity index (χ2v) is 19.6. The highest BCUT2D eigenvalue weighted by atomic mass is 127. The Morgan fingerprint density at radius 2 is 0.925 bits per heavy atom. The molecule has 0 atom stereocenters. The third-order valence-corrected chi connectivity index (χ3v) is 12.8. The fourth-order valence-electron chi connectivity index (χ4n) is 3.79. The maximum atomic E-state index is 11.5. The molecule has 0 aromatic heterocycles. The number of hydrogen-bond donors (Lipinski definition) is 1. The first-order valence-electron chi connectivity index (χ1n) is 14.3. The van der Waals surface area contributed by atoms with Gasteiger partial charge in [-0.25, -0.2) is 0 Å². The number of hydrogen-bond acceptors (Lipinski definition) is 8. The maximum absolute atomic E-state index is 11.5. The quantitative estimate of drug-likeness (QED) is 0.0725. The predicted octanol–water partition coefficient (Wildman–Crippen LogP) is 12.0. The number of esters is 2. The fourth-order valence-corrected chi connectivity index (χ4v) is 11.8. The van der Waals surface area contributed by atoms with Gasteiger partial charge in [0.15, 0.2) is 11.5 Å². The van der Waals surface area contributed by atoms with E-state index in [1.807, 2.05) is 36.4 Å². The van der Waals surface area contributed by atoms with Gasteiger partial charge in [-0.05, 0) is 240 Å². The van der Waals surface area contributed by atoms with Crippen molar-refractivity contribution in [3.63, 3.8) is 0 Å². The lowest BCUT2D eigenvalue weighted by molar-refractivity contribution is -0.140. The molecule has 4 aromatic carbocycles. The van der Waals surface area contributed by atoms with Crippen LogP contribution in [0, 0.1) is 53.2 Å². The van der Waals surface area contributed by atoms with Gasteiger partial charge in [-0.15, -0.1) is 12.8 Å². The standard InChI is InChI=1S/C18H12I4O4.C15H10I4O4.C3H3Br/c1-3-4-25-17-14(21)8-11(9-15(17)22)26-18-12(19)5-10(6-13(18)20)7-16(23)24-2;1-22-13(20)4-7-2-11(18)15(12(19)3-7)23-8-5-9(16)14(21)10(17)6-8;1-2-3-4/h1,5-6,8-9H,4,7H2,2H3;2-3,5-6,21H,4H2,1H3;1H,3H2. The smallest absolute Gasteiger partial charge is 0.309 e. The van der Waals surface area contributed by atoms with E-state index in [0.29, 0.717) is 16.8 Å².